The fourth-order valence-electron chi connectivity index (χ4n) is 1.30. The van der Waals surface area contributed by atoms with Crippen LogP contribution in [0.2, 0.25) is 0 Å². The summed E-state index contributed by atoms with van der Waals surface area (Å²) in [6.45, 7) is 1.53. The lowest BCUT2D eigenvalue weighted by atomic mass is 9.91. The normalized spacial score (nSPS) is 15.2. The zero-order chi connectivity index (χ0) is 10.8. The van der Waals surface area contributed by atoms with Gasteiger partial charge in [0.25, 0.3) is 0 Å². The summed E-state index contributed by atoms with van der Waals surface area (Å²) in [5.41, 5.74) is 3.77. The molecular formula is C10H13F2NO. The Hall–Kier alpha value is -1.00. The van der Waals surface area contributed by atoms with E-state index in [0.29, 0.717) is 0 Å². The highest BCUT2D eigenvalue weighted by Gasteiger charge is 2.28. The smallest absolute Gasteiger partial charge is 0.129 e. The van der Waals surface area contributed by atoms with Crippen molar-refractivity contribution in [3.63, 3.8) is 0 Å². The van der Waals surface area contributed by atoms with Gasteiger partial charge in [-0.05, 0) is 24.6 Å². The summed E-state index contributed by atoms with van der Waals surface area (Å²) in [6.07, 6.45) is 0.240. The predicted molar refractivity (Wildman–Crippen MR) is 49.6 cm³/mol. The Bertz CT molecular complexity index is 324. The Morgan fingerprint density at radius 1 is 1.43 bits per heavy atom. The summed E-state index contributed by atoms with van der Waals surface area (Å²) >= 11 is 0. The summed E-state index contributed by atoms with van der Waals surface area (Å²) < 4.78 is 26.1. The fourth-order valence-corrected chi connectivity index (χ4v) is 1.30. The second-order valence-corrected chi connectivity index (χ2v) is 3.21. The van der Waals surface area contributed by atoms with Crippen molar-refractivity contribution in [3.05, 3.63) is 35.4 Å². The SMILES string of the molecule is CCC(O)(CN)c1cc(F)ccc1F. The summed E-state index contributed by atoms with van der Waals surface area (Å²) in [6, 6.07) is 2.97. The molecule has 1 rings (SSSR count). The topological polar surface area (TPSA) is 46.2 Å². The largest absolute Gasteiger partial charge is 0.384 e. The van der Waals surface area contributed by atoms with Crippen molar-refractivity contribution in [2.45, 2.75) is 18.9 Å². The molecule has 0 fully saturated rings. The van der Waals surface area contributed by atoms with Gasteiger partial charge in [0.2, 0.25) is 0 Å². The van der Waals surface area contributed by atoms with E-state index >= 15 is 0 Å². The number of hydrogen-bond acceptors (Lipinski definition) is 2. The van der Waals surface area contributed by atoms with Crippen LogP contribution in [0.4, 0.5) is 8.78 Å². The molecule has 0 aliphatic carbocycles. The molecule has 0 amide bonds. The highest BCUT2D eigenvalue weighted by atomic mass is 19.1. The second-order valence-electron chi connectivity index (χ2n) is 3.21. The minimum Gasteiger partial charge on any atom is -0.384 e. The van der Waals surface area contributed by atoms with Crippen LogP contribution in [0.15, 0.2) is 18.2 Å². The van der Waals surface area contributed by atoms with Gasteiger partial charge in [0.1, 0.15) is 17.2 Å². The molecule has 1 atom stereocenters. The Labute approximate surface area is 81.4 Å². The molecule has 0 saturated heterocycles. The Balaban J connectivity index is 3.22. The van der Waals surface area contributed by atoms with Crippen molar-refractivity contribution in [3.8, 4) is 0 Å². The molecule has 0 aromatic heterocycles. The lowest BCUT2D eigenvalue weighted by Gasteiger charge is -2.25. The molecule has 0 spiro atoms. The quantitative estimate of drug-likeness (QED) is 0.778. The number of halogens is 2. The van der Waals surface area contributed by atoms with Gasteiger partial charge >= 0.3 is 0 Å². The minimum atomic E-state index is -1.48. The summed E-state index contributed by atoms with van der Waals surface area (Å²) in [5, 5.41) is 9.87. The number of rotatable bonds is 3. The molecular weight excluding hydrogens is 188 g/mol. The van der Waals surface area contributed by atoms with Crippen LogP contribution in [0.1, 0.15) is 18.9 Å². The first-order chi connectivity index (χ1) is 6.53. The van der Waals surface area contributed by atoms with Crippen LogP contribution >= 0.6 is 0 Å². The highest BCUT2D eigenvalue weighted by molar-refractivity contribution is 5.25. The third kappa shape index (κ3) is 1.91. The zero-order valence-electron chi connectivity index (χ0n) is 7.93. The molecule has 78 valence electrons. The van der Waals surface area contributed by atoms with Gasteiger partial charge in [-0.3, -0.25) is 0 Å². The van der Waals surface area contributed by atoms with Crippen LogP contribution < -0.4 is 5.73 Å². The van der Waals surface area contributed by atoms with Crippen molar-refractivity contribution in [1.82, 2.24) is 0 Å². The molecule has 0 aliphatic heterocycles. The molecule has 14 heavy (non-hydrogen) atoms. The van der Waals surface area contributed by atoms with Crippen LogP contribution in [0.5, 0.6) is 0 Å². The summed E-state index contributed by atoms with van der Waals surface area (Å²) in [4.78, 5) is 0. The third-order valence-corrected chi connectivity index (χ3v) is 2.35. The van der Waals surface area contributed by atoms with Gasteiger partial charge in [-0.25, -0.2) is 8.78 Å². The van der Waals surface area contributed by atoms with E-state index in [2.05, 4.69) is 0 Å². The van der Waals surface area contributed by atoms with Crippen LogP contribution in [-0.4, -0.2) is 11.7 Å². The van der Waals surface area contributed by atoms with Gasteiger partial charge in [0.05, 0.1) is 0 Å². The van der Waals surface area contributed by atoms with E-state index in [9.17, 15) is 13.9 Å². The average Bonchev–Trinajstić information content (AvgIpc) is 2.20. The minimum absolute atomic E-state index is 0.0810. The lowest BCUT2D eigenvalue weighted by Crippen LogP contribution is -2.35. The molecule has 4 heteroatoms. The van der Waals surface area contributed by atoms with Crippen LogP contribution in [-0.2, 0) is 5.60 Å². The van der Waals surface area contributed by atoms with Crippen molar-refractivity contribution in [2.75, 3.05) is 6.54 Å². The standard InChI is InChI=1S/C10H13F2NO/c1-2-10(14,6-13)8-5-7(11)3-4-9(8)12/h3-5,14H,2,6,13H2,1H3. The second kappa shape index (κ2) is 4.02. The van der Waals surface area contributed by atoms with E-state index in [0.717, 1.165) is 18.2 Å². The molecule has 1 aromatic rings. The van der Waals surface area contributed by atoms with Crippen molar-refractivity contribution in [1.29, 1.82) is 0 Å². The van der Waals surface area contributed by atoms with E-state index in [1.54, 1.807) is 6.92 Å². The summed E-state index contributed by atoms with van der Waals surface area (Å²) in [7, 11) is 0. The monoisotopic (exact) mass is 201 g/mol. The van der Waals surface area contributed by atoms with Gasteiger partial charge in [0, 0.05) is 12.1 Å². The third-order valence-electron chi connectivity index (χ3n) is 2.35. The Kier molecular flexibility index (Phi) is 3.18. The Morgan fingerprint density at radius 2 is 2.07 bits per heavy atom. The fraction of sp³-hybridized carbons (Fsp3) is 0.400. The number of hydrogen-bond donors (Lipinski definition) is 2. The Morgan fingerprint density at radius 3 is 2.57 bits per heavy atom. The molecule has 1 unspecified atom stereocenters. The maximum Gasteiger partial charge on any atom is 0.129 e. The van der Waals surface area contributed by atoms with Gasteiger partial charge in [-0.2, -0.15) is 0 Å². The molecule has 0 aliphatic rings. The molecule has 0 heterocycles. The molecule has 0 saturated carbocycles. The maximum atomic E-state index is 13.3. The molecule has 1 aromatic carbocycles. The van der Waals surface area contributed by atoms with Gasteiger partial charge < -0.3 is 10.8 Å². The molecule has 0 radical (unpaired) electrons. The van der Waals surface area contributed by atoms with Crippen LogP contribution in [0.3, 0.4) is 0 Å². The predicted octanol–water partition coefficient (Wildman–Crippen LogP) is 1.52. The van der Waals surface area contributed by atoms with Crippen molar-refractivity contribution >= 4 is 0 Å². The lowest BCUT2D eigenvalue weighted by molar-refractivity contribution is 0.0379. The van der Waals surface area contributed by atoms with E-state index in [1.165, 1.54) is 0 Å². The van der Waals surface area contributed by atoms with Crippen molar-refractivity contribution < 1.29 is 13.9 Å². The average molecular weight is 201 g/mol. The van der Waals surface area contributed by atoms with Gasteiger partial charge in [-0.15, -0.1) is 0 Å². The van der Waals surface area contributed by atoms with E-state index in [1.807, 2.05) is 0 Å². The first-order valence-corrected chi connectivity index (χ1v) is 4.41. The summed E-state index contributed by atoms with van der Waals surface area (Å²) in [5.74, 6) is -1.22. The number of aliphatic hydroxyl groups is 1. The highest BCUT2D eigenvalue weighted by Crippen LogP contribution is 2.26. The van der Waals surface area contributed by atoms with Crippen molar-refractivity contribution in [2.24, 2.45) is 5.73 Å². The number of nitrogens with two attached hydrogens (primary N) is 1. The molecule has 0 bridgehead atoms. The first kappa shape index (κ1) is 11.1. The maximum absolute atomic E-state index is 13.3. The van der Waals surface area contributed by atoms with E-state index in [-0.39, 0.29) is 18.5 Å². The van der Waals surface area contributed by atoms with Crippen LogP contribution in [0, 0.1) is 11.6 Å². The van der Waals surface area contributed by atoms with Gasteiger partial charge in [-0.1, -0.05) is 6.92 Å². The molecule has 2 nitrogen and oxygen atoms in total. The van der Waals surface area contributed by atoms with E-state index < -0.39 is 17.2 Å². The van der Waals surface area contributed by atoms with Gasteiger partial charge in [0.15, 0.2) is 0 Å². The zero-order valence-corrected chi connectivity index (χ0v) is 7.93. The first-order valence-electron chi connectivity index (χ1n) is 4.41. The number of benzene rings is 1. The molecule has 3 N–H and O–H groups in total. The van der Waals surface area contributed by atoms with Crippen LogP contribution in [0.25, 0.3) is 0 Å². The van der Waals surface area contributed by atoms with E-state index in [4.69, 9.17) is 5.73 Å².